The molecule has 0 bridgehead atoms. The zero-order valence-electron chi connectivity index (χ0n) is 20.1. The van der Waals surface area contributed by atoms with Crippen molar-refractivity contribution in [3.63, 3.8) is 0 Å². The maximum atomic E-state index is 14.8. The third kappa shape index (κ3) is 7.60. The molecule has 2 aliphatic rings. The highest BCUT2D eigenvalue weighted by Gasteiger charge is 2.44. The van der Waals surface area contributed by atoms with Gasteiger partial charge in [0.05, 0.1) is 20.6 Å². The smallest absolute Gasteiger partial charge is 0.305 e. The molecule has 178 valence electrons. The van der Waals surface area contributed by atoms with Crippen LogP contribution in [0.3, 0.4) is 0 Å². The van der Waals surface area contributed by atoms with Crippen LogP contribution in [0.5, 0.6) is 0 Å². The summed E-state index contributed by atoms with van der Waals surface area (Å²) >= 11 is 0. The summed E-state index contributed by atoms with van der Waals surface area (Å²) in [6.07, 6.45) is 17.1. The van der Waals surface area contributed by atoms with Gasteiger partial charge in [-0.3, -0.25) is 4.79 Å². The lowest BCUT2D eigenvalue weighted by Crippen LogP contribution is -2.41. The Labute approximate surface area is 194 Å². The zero-order chi connectivity index (χ0) is 23.4. The molecular weight excluding hydrogens is 433 g/mol. The highest BCUT2D eigenvalue weighted by Crippen LogP contribution is 2.50. The Bertz CT molecular complexity index is 615. The number of carbonyl (C=O) groups excluding carboxylic acids is 1. The van der Waals surface area contributed by atoms with E-state index in [0.717, 1.165) is 25.7 Å². The van der Waals surface area contributed by atoms with E-state index in [1.54, 1.807) is 0 Å². The number of hydrogen-bond donors (Lipinski definition) is 0. The quantitative estimate of drug-likeness (QED) is 0.117. The molecule has 0 spiro atoms. The molecule has 0 radical (unpaired) electrons. The number of hydrogen-bond acceptors (Lipinski definition) is 4. The topological polar surface area (TPSA) is 44.8 Å². The molecule has 0 saturated heterocycles. The van der Waals surface area contributed by atoms with Crippen molar-refractivity contribution in [1.82, 2.24) is 0 Å². The second kappa shape index (κ2) is 14.0. The molecule has 0 N–H and O–H groups in total. The van der Waals surface area contributed by atoms with E-state index >= 15 is 0 Å². The zero-order valence-corrected chi connectivity index (χ0v) is 21.2. The van der Waals surface area contributed by atoms with Crippen molar-refractivity contribution in [1.29, 1.82) is 1.28 Å². The van der Waals surface area contributed by atoms with Crippen LogP contribution >= 0.6 is 18.9 Å². The standard InChI is InChI=1S/C24H41FO4P2/c1-3-14-24(15-9-16-24)22(29-31)12-8-11-19-18(20(25)17-21(19)28-30)10-6-4-5-7-13-23(26)27-2/h4,6,8,11,18-22H,3,5,7,9-10,12-17,30-31H2,1-2H3/b6-4-,11-8+/t18-,19-,20-,21-,22?/m1/s1/i30T/t18-,19-,20-,21-,22?,30?. The Morgan fingerprint density at radius 2 is 2.16 bits per heavy atom. The van der Waals surface area contributed by atoms with Crippen molar-refractivity contribution in [3.8, 4) is 0 Å². The molecule has 2 rings (SSSR count). The number of alkyl halides is 1. The van der Waals surface area contributed by atoms with Gasteiger partial charge >= 0.3 is 5.97 Å². The lowest BCUT2D eigenvalue weighted by atomic mass is 9.62. The molecule has 3 unspecified atom stereocenters. The number of carbonyl (C=O) groups is 1. The minimum atomic E-state index is -0.933. The van der Waals surface area contributed by atoms with Crippen molar-refractivity contribution >= 4 is 24.8 Å². The van der Waals surface area contributed by atoms with Gasteiger partial charge in [-0.2, -0.15) is 0 Å². The second-order valence-electron chi connectivity index (χ2n) is 9.08. The SMILES string of the molecule is [3H]PO[C@@H]1C[C@@H](F)[C@H](C/C=C\CCCC(=O)OC)[C@H]1/C=C/CC(OP)C1(CCC)CCC1. The molecule has 0 aromatic carbocycles. The van der Waals surface area contributed by atoms with Gasteiger partial charge in [0.1, 0.15) is 6.17 Å². The number of esters is 1. The number of unbranched alkanes of at least 4 members (excludes halogenated alkanes) is 1. The van der Waals surface area contributed by atoms with Gasteiger partial charge < -0.3 is 13.8 Å². The van der Waals surface area contributed by atoms with Gasteiger partial charge in [-0.05, 0) is 50.4 Å². The minimum absolute atomic E-state index is 0.0313. The monoisotopic (exact) mass is 476 g/mol. The first-order valence-electron chi connectivity index (χ1n) is 12.2. The maximum Gasteiger partial charge on any atom is 0.305 e. The molecule has 2 fully saturated rings. The predicted octanol–water partition coefficient (Wildman–Crippen LogP) is 6.52. The van der Waals surface area contributed by atoms with Crippen LogP contribution in [-0.4, -0.2) is 32.7 Å². The summed E-state index contributed by atoms with van der Waals surface area (Å²) in [7, 11) is 3.46. The molecule has 0 aliphatic heterocycles. The Balaban J connectivity index is 1.95. The summed E-state index contributed by atoms with van der Waals surface area (Å²) in [5, 5.41) is 0. The van der Waals surface area contributed by atoms with Gasteiger partial charge in [-0.25, -0.2) is 4.39 Å². The fourth-order valence-corrected chi connectivity index (χ4v) is 5.93. The van der Waals surface area contributed by atoms with Crippen LogP contribution in [0.4, 0.5) is 4.39 Å². The van der Waals surface area contributed by atoms with Crippen LogP contribution in [-0.2, 0) is 18.6 Å². The summed E-state index contributed by atoms with van der Waals surface area (Å²) in [5.41, 5.74) is 0.282. The fraction of sp³-hybridized carbons (Fsp3) is 0.792. The summed E-state index contributed by atoms with van der Waals surface area (Å²) in [4.78, 5) is 11.2. The molecule has 0 aromatic heterocycles. The molecule has 4 nitrogen and oxygen atoms in total. The van der Waals surface area contributed by atoms with Crippen LogP contribution in [0.1, 0.15) is 77.6 Å². The summed E-state index contributed by atoms with van der Waals surface area (Å²) in [6, 6.07) is 0. The first-order chi connectivity index (χ1) is 15.5. The van der Waals surface area contributed by atoms with Crippen molar-refractivity contribution in [2.75, 3.05) is 7.11 Å². The van der Waals surface area contributed by atoms with Gasteiger partial charge in [-0.1, -0.05) is 44.1 Å². The van der Waals surface area contributed by atoms with Crippen molar-refractivity contribution in [2.45, 2.75) is 95.9 Å². The van der Waals surface area contributed by atoms with E-state index in [2.05, 4.69) is 33.3 Å². The summed E-state index contributed by atoms with van der Waals surface area (Å²) in [5.74, 6) is -0.376. The number of ether oxygens (including phenoxy) is 1. The van der Waals surface area contributed by atoms with Crippen LogP contribution in [0.2, 0.25) is 0 Å². The van der Waals surface area contributed by atoms with Crippen molar-refractivity contribution < 1.29 is 23.0 Å². The third-order valence-electron chi connectivity index (χ3n) is 7.20. The first-order valence-corrected chi connectivity index (χ1v) is 12.6. The van der Waals surface area contributed by atoms with Crippen LogP contribution in [0, 0.1) is 17.3 Å². The first kappa shape index (κ1) is 25.3. The van der Waals surface area contributed by atoms with Gasteiger partial charge in [0.25, 0.3) is 0 Å². The van der Waals surface area contributed by atoms with Crippen molar-refractivity contribution in [2.24, 2.45) is 17.3 Å². The van der Waals surface area contributed by atoms with E-state index < -0.39 is 6.17 Å². The maximum absolute atomic E-state index is 14.8. The normalized spacial score (nSPS) is 29.6. The van der Waals surface area contributed by atoms with E-state index in [1.165, 1.54) is 32.8 Å². The Morgan fingerprint density at radius 3 is 2.77 bits per heavy atom. The molecule has 7 atom stereocenters. The molecule has 31 heavy (non-hydrogen) atoms. The number of halogens is 1. The molecule has 0 heterocycles. The Morgan fingerprint density at radius 1 is 1.35 bits per heavy atom. The largest absolute Gasteiger partial charge is 0.469 e. The van der Waals surface area contributed by atoms with E-state index in [0.29, 0.717) is 19.3 Å². The van der Waals surface area contributed by atoms with Gasteiger partial charge in [0.2, 0.25) is 0 Å². The molecule has 2 saturated carbocycles. The average molecular weight is 477 g/mol. The number of allylic oxidation sites excluding steroid dienone is 2. The molecule has 7 heteroatoms. The van der Waals surface area contributed by atoms with Crippen LogP contribution in [0.25, 0.3) is 0 Å². The van der Waals surface area contributed by atoms with Gasteiger partial charge in [-0.15, -0.1) is 0 Å². The summed E-state index contributed by atoms with van der Waals surface area (Å²) < 4.78 is 38.4. The molecule has 0 aromatic rings. The van der Waals surface area contributed by atoms with Gasteiger partial charge in [0, 0.05) is 43.6 Å². The van der Waals surface area contributed by atoms with Crippen molar-refractivity contribution in [3.05, 3.63) is 24.3 Å². The average Bonchev–Trinajstić information content (AvgIpc) is 3.05. The Kier molecular flexibility index (Phi) is 11.4. The van der Waals surface area contributed by atoms with Gasteiger partial charge in [0.15, 0.2) is 0 Å². The van der Waals surface area contributed by atoms with Crippen LogP contribution in [0.15, 0.2) is 24.3 Å². The predicted molar refractivity (Wildman–Crippen MR) is 130 cm³/mol. The lowest BCUT2D eigenvalue weighted by molar-refractivity contribution is -0.140. The number of rotatable bonds is 15. The highest BCUT2D eigenvalue weighted by molar-refractivity contribution is 7.10. The van der Waals surface area contributed by atoms with E-state index in [4.69, 9.17) is 10.3 Å². The molecular formula is C24H41FO4P2. The minimum Gasteiger partial charge on any atom is -0.469 e. The molecule has 0 amide bonds. The lowest BCUT2D eigenvalue weighted by Gasteiger charge is -2.47. The summed E-state index contributed by atoms with van der Waals surface area (Å²) in [6.45, 7) is 2.23. The fourth-order valence-electron chi connectivity index (χ4n) is 5.28. The highest BCUT2D eigenvalue weighted by atomic mass is 31.0. The number of methoxy groups -OCH3 is 1. The van der Waals surface area contributed by atoms with E-state index in [1.807, 2.05) is 12.2 Å². The molecule has 2 aliphatic carbocycles. The second-order valence-corrected chi connectivity index (χ2v) is 9.59. The van der Waals surface area contributed by atoms with E-state index in [-0.39, 0.29) is 44.8 Å². The van der Waals surface area contributed by atoms with E-state index in [9.17, 15) is 9.18 Å². The third-order valence-corrected chi connectivity index (χ3v) is 7.84. The van der Waals surface area contributed by atoms with Crippen LogP contribution < -0.4 is 0 Å². The Hall–Kier alpha value is -0.340.